The quantitative estimate of drug-likeness (QED) is 0.813. The largest absolute Gasteiger partial charge is 0.389 e. The second kappa shape index (κ2) is 8.91. The van der Waals surface area contributed by atoms with Gasteiger partial charge >= 0.3 is 0 Å². The van der Waals surface area contributed by atoms with Crippen LogP contribution in [0.1, 0.15) is 43.6 Å². The van der Waals surface area contributed by atoms with Crippen molar-refractivity contribution in [1.82, 2.24) is 5.32 Å². The molecular weight excluding hydrogens is 278 g/mol. The molecule has 1 unspecified atom stereocenters. The van der Waals surface area contributed by atoms with E-state index in [1.54, 1.807) is 0 Å². The molecule has 0 spiro atoms. The lowest BCUT2D eigenvalue weighted by molar-refractivity contribution is -0.122. The molecule has 0 heterocycles. The van der Waals surface area contributed by atoms with Crippen molar-refractivity contribution in [2.75, 3.05) is 20.3 Å². The summed E-state index contributed by atoms with van der Waals surface area (Å²) in [6.45, 7) is 0.522. The molecule has 4 heteroatoms. The van der Waals surface area contributed by atoms with Crippen molar-refractivity contribution in [3.8, 4) is 0 Å². The van der Waals surface area contributed by atoms with Crippen LogP contribution in [-0.4, -0.2) is 37.4 Å². The Kier molecular flexibility index (Phi) is 6.87. The number of aliphatic hydroxyl groups is 1. The number of carbonyl (C=O) groups excluding carboxylic acids is 1. The van der Waals surface area contributed by atoms with E-state index in [0.717, 1.165) is 25.7 Å². The van der Waals surface area contributed by atoms with E-state index < -0.39 is 6.10 Å². The summed E-state index contributed by atoms with van der Waals surface area (Å²) in [6.07, 6.45) is 4.48. The van der Waals surface area contributed by atoms with Crippen molar-refractivity contribution in [3.05, 3.63) is 35.9 Å². The van der Waals surface area contributed by atoms with E-state index in [9.17, 15) is 9.90 Å². The fourth-order valence-corrected chi connectivity index (χ4v) is 3.24. The topological polar surface area (TPSA) is 58.6 Å². The zero-order valence-corrected chi connectivity index (χ0v) is 13.3. The number of rotatable bonds is 7. The van der Waals surface area contributed by atoms with Gasteiger partial charge in [0.1, 0.15) is 0 Å². The van der Waals surface area contributed by atoms with Crippen LogP contribution in [0.5, 0.6) is 0 Å². The molecular formula is C18H27NO3. The van der Waals surface area contributed by atoms with Crippen LogP contribution < -0.4 is 5.32 Å². The molecule has 0 aliphatic heterocycles. The minimum atomic E-state index is -0.622. The van der Waals surface area contributed by atoms with E-state index in [-0.39, 0.29) is 19.1 Å². The van der Waals surface area contributed by atoms with Gasteiger partial charge in [-0.15, -0.1) is 0 Å². The Hall–Kier alpha value is -1.39. The molecule has 1 atom stereocenters. The molecule has 2 N–H and O–H groups in total. The molecule has 0 aromatic heterocycles. The Balaban J connectivity index is 1.68. The highest BCUT2D eigenvalue weighted by Gasteiger charge is 2.24. The summed E-state index contributed by atoms with van der Waals surface area (Å²) in [6, 6.07) is 10.7. The van der Waals surface area contributed by atoms with E-state index in [4.69, 9.17) is 4.74 Å². The van der Waals surface area contributed by atoms with Crippen molar-refractivity contribution < 1.29 is 14.6 Å². The minimum Gasteiger partial charge on any atom is -0.389 e. The lowest BCUT2D eigenvalue weighted by Gasteiger charge is -2.28. The summed E-state index contributed by atoms with van der Waals surface area (Å²) in [5.74, 6) is 1.15. The van der Waals surface area contributed by atoms with Crippen LogP contribution in [0.15, 0.2) is 30.3 Å². The zero-order valence-electron chi connectivity index (χ0n) is 13.3. The number of nitrogens with one attached hydrogen (secondary N) is 1. The summed E-state index contributed by atoms with van der Waals surface area (Å²) in [5, 5.41) is 12.3. The maximum atomic E-state index is 11.9. The maximum absolute atomic E-state index is 11.9. The third-order valence-electron chi connectivity index (χ3n) is 4.49. The summed E-state index contributed by atoms with van der Waals surface area (Å²) in [7, 11) is 1.54. The number of aliphatic hydroxyl groups excluding tert-OH is 1. The number of carbonyl (C=O) groups is 1. The molecule has 0 radical (unpaired) electrons. The molecule has 1 aromatic carbocycles. The summed E-state index contributed by atoms with van der Waals surface area (Å²) in [5.41, 5.74) is 1.42. The maximum Gasteiger partial charge on any atom is 0.220 e. The fourth-order valence-electron chi connectivity index (χ4n) is 3.24. The van der Waals surface area contributed by atoms with Gasteiger partial charge in [0, 0.05) is 20.1 Å². The van der Waals surface area contributed by atoms with Crippen molar-refractivity contribution in [2.45, 2.75) is 44.1 Å². The van der Waals surface area contributed by atoms with E-state index in [1.165, 1.54) is 12.7 Å². The van der Waals surface area contributed by atoms with Gasteiger partial charge in [-0.3, -0.25) is 4.79 Å². The lowest BCUT2D eigenvalue weighted by Crippen LogP contribution is -2.35. The van der Waals surface area contributed by atoms with Gasteiger partial charge in [0.25, 0.3) is 0 Å². The Labute approximate surface area is 132 Å². The molecule has 22 heavy (non-hydrogen) atoms. The molecule has 1 fully saturated rings. The summed E-state index contributed by atoms with van der Waals surface area (Å²) in [4.78, 5) is 11.9. The molecule has 2 rings (SSSR count). The van der Waals surface area contributed by atoms with Gasteiger partial charge in [-0.25, -0.2) is 0 Å². The molecule has 1 saturated carbocycles. The number of methoxy groups -OCH3 is 1. The predicted molar refractivity (Wildman–Crippen MR) is 86.7 cm³/mol. The average Bonchev–Trinajstić information content (AvgIpc) is 2.55. The highest BCUT2D eigenvalue weighted by Crippen LogP contribution is 2.36. The predicted octanol–water partition coefficient (Wildman–Crippen LogP) is 2.47. The van der Waals surface area contributed by atoms with Crippen molar-refractivity contribution in [2.24, 2.45) is 5.92 Å². The lowest BCUT2D eigenvalue weighted by atomic mass is 9.77. The Bertz CT molecular complexity index is 441. The summed E-state index contributed by atoms with van der Waals surface area (Å²) < 4.78 is 4.84. The van der Waals surface area contributed by atoms with E-state index in [1.807, 2.05) is 0 Å². The van der Waals surface area contributed by atoms with Gasteiger partial charge in [-0.05, 0) is 43.1 Å². The first-order valence-electron chi connectivity index (χ1n) is 8.17. The number of hydrogen-bond acceptors (Lipinski definition) is 3. The molecule has 4 nitrogen and oxygen atoms in total. The second-order valence-corrected chi connectivity index (χ2v) is 6.25. The van der Waals surface area contributed by atoms with Gasteiger partial charge in [-0.1, -0.05) is 30.3 Å². The third-order valence-corrected chi connectivity index (χ3v) is 4.49. The molecule has 0 saturated heterocycles. The van der Waals surface area contributed by atoms with Crippen LogP contribution in [0.25, 0.3) is 0 Å². The highest BCUT2D eigenvalue weighted by molar-refractivity contribution is 5.76. The molecule has 0 bridgehead atoms. The van der Waals surface area contributed by atoms with E-state index in [0.29, 0.717) is 18.3 Å². The van der Waals surface area contributed by atoms with Crippen LogP contribution in [0.2, 0.25) is 0 Å². The van der Waals surface area contributed by atoms with Gasteiger partial charge in [-0.2, -0.15) is 0 Å². The highest BCUT2D eigenvalue weighted by atomic mass is 16.5. The first-order valence-corrected chi connectivity index (χ1v) is 8.17. The monoisotopic (exact) mass is 305 g/mol. The second-order valence-electron chi connectivity index (χ2n) is 6.25. The first-order chi connectivity index (χ1) is 10.7. The standard InChI is InChI=1S/C18H27NO3/c1-22-13-17(20)12-19-18(21)11-14-7-9-16(10-8-14)15-5-3-2-4-6-15/h2-6,14,16-17,20H,7-13H2,1H3,(H,19,21). The van der Waals surface area contributed by atoms with Crippen LogP contribution >= 0.6 is 0 Å². The first kappa shape index (κ1) is 17.0. The third kappa shape index (κ3) is 5.43. The molecule has 1 aromatic rings. The summed E-state index contributed by atoms with van der Waals surface area (Å²) >= 11 is 0. The average molecular weight is 305 g/mol. The Morgan fingerprint density at radius 1 is 1.27 bits per heavy atom. The van der Waals surface area contributed by atoms with Crippen LogP contribution in [0.3, 0.4) is 0 Å². The number of hydrogen-bond donors (Lipinski definition) is 2. The Morgan fingerprint density at radius 2 is 1.95 bits per heavy atom. The molecule has 1 aliphatic carbocycles. The van der Waals surface area contributed by atoms with Crippen molar-refractivity contribution in [1.29, 1.82) is 0 Å². The van der Waals surface area contributed by atoms with E-state index in [2.05, 4.69) is 35.6 Å². The number of ether oxygens (including phenoxy) is 1. The van der Waals surface area contributed by atoms with E-state index >= 15 is 0 Å². The molecule has 122 valence electrons. The minimum absolute atomic E-state index is 0.0401. The fraction of sp³-hybridized carbons (Fsp3) is 0.611. The molecule has 1 aliphatic rings. The number of benzene rings is 1. The molecule has 1 amide bonds. The van der Waals surface area contributed by atoms with Crippen LogP contribution in [0, 0.1) is 5.92 Å². The van der Waals surface area contributed by atoms with Crippen LogP contribution in [-0.2, 0) is 9.53 Å². The van der Waals surface area contributed by atoms with Gasteiger partial charge in [0.15, 0.2) is 0 Å². The van der Waals surface area contributed by atoms with Gasteiger partial charge in [0.05, 0.1) is 12.7 Å². The van der Waals surface area contributed by atoms with Crippen LogP contribution in [0.4, 0.5) is 0 Å². The Morgan fingerprint density at radius 3 is 2.59 bits per heavy atom. The van der Waals surface area contributed by atoms with Crippen molar-refractivity contribution >= 4 is 5.91 Å². The normalized spacial score (nSPS) is 23.0. The number of amides is 1. The SMILES string of the molecule is COCC(O)CNC(=O)CC1CCC(c2ccccc2)CC1. The zero-order chi connectivity index (χ0) is 15.8. The van der Waals surface area contributed by atoms with Gasteiger partial charge < -0.3 is 15.2 Å². The van der Waals surface area contributed by atoms with Crippen molar-refractivity contribution in [3.63, 3.8) is 0 Å². The van der Waals surface area contributed by atoms with Gasteiger partial charge in [0.2, 0.25) is 5.91 Å². The smallest absolute Gasteiger partial charge is 0.220 e.